The third-order valence-corrected chi connectivity index (χ3v) is 5.67. The third-order valence-electron chi connectivity index (χ3n) is 5.67. The van der Waals surface area contributed by atoms with Crippen molar-refractivity contribution in [3.63, 3.8) is 0 Å². The summed E-state index contributed by atoms with van der Waals surface area (Å²) >= 11 is 0. The maximum Gasteiger partial charge on any atom is 0.259 e. The predicted octanol–water partition coefficient (Wildman–Crippen LogP) is 1.20. The number of aliphatic hydroxyl groups is 2. The van der Waals surface area contributed by atoms with Crippen molar-refractivity contribution < 1.29 is 24.5 Å². The summed E-state index contributed by atoms with van der Waals surface area (Å²) < 4.78 is 6.19. The predicted molar refractivity (Wildman–Crippen MR) is 125 cm³/mol. The fourth-order valence-electron chi connectivity index (χ4n) is 3.64. The molecule has 9 heteroatoms. The van der Waals surface area contributed by atoms with Crippen LogP contribution in [0.1, 0.15) is 47.1 Å². The van der Waals surface area contributed by atoms with Crippen molar-refractivity contribution >= 4 is 11.8 Å². The van der Waals surface area contributed by atoms with Gasteiger partial charge in [-0.3, -0.25) is 14.6 Å². The molecule has 2 aromatic rings. The molecular formula is C25H30N4O5. The number of carbonyl (C=O) groups excluding carboxylic acids is 2. The van der Waals surface area contributed by atoms with E-state index in [1.165, 1.54) is 6.20 Å². The topological polar surface area (TPSA) is 116 Å². The molecule has 9 nitrogen and oxygen atoms in total. The first-order valence-corrected chi connectivity index (χ1v) is 11.1. The number of amides is 2. The van der Waals surface area contributed by atoms with Crippen LogP contribution in [-0.4, -0.2) is 86.8 Å². The average Bonchev–Trinajstić information content (AvgIpc) is 2.84. The Kier molecular flexibility index (Phi) is 8.21. The molecule has 180 valence electrons. The first-order valence-electron chi connectivity index (χ1n) is 11.1. The highest BCUT2D eigenvalue weighted by atomic mass is 16.5. The Morgan fingerprint density at radius 2 is 2.06 bits per heavy atom. The number of aliphatic hydroxyl groups excluding tert-OH is 2. The van der Waals surface area contributed by atoms with Crippen LogP contribution in [0.5, 0.6) is 5.88 Å². The van der Waals surface area contributed by atoms with E-state index in [1.807, 2.05) is 6.92 Å². The van der Waals surface area contributed by atoms with Crippen LogP contribution in [0.15, 0.2) is 36.8 Å². The van der Waals surface area contributed by atoms with Crippen molar-refractivity contribution in [2.75, 3.05) is 26.7 Å². The molecule has 0 unspecified atom stereocenters. The molecule has 0 spiro atoms. The van der Waals surface area contributed by atoms with E-state index < -0.39 is 18.2 Å². The Morgan fingerprint density at radius 3 is 2.71 bits per heavy atom. The smallest absolute Gasteiger partial charge is 0.259 e. The Morgan fingerprint density at radius 1 is 1.35 bits per heavy atom. The van der Waals surface area contributed by atoms with Gasteiger partial charge in [-0.1, -0.05) is 18.8 Å². The third kappa shape index (κ3) is 5.90. The van der Waals surface area contributed by atoms with Gasteiger partial charge in [-0.05, 0) is 32.0 Å². The van der Waals surface area contributed by atoms with E-state index in [9.17, 15) is 19.8 Å². The first-order chi connectivity index (χ1) is 16.2. The maximum absolute atomic E-state index is 13.4. The highest BCUT2D eigenvalue weighted by molar-refractivity contribution is 5.97. The minimum Gasteiger partial charge on any atom is -0.472 e. The Labute approximate surface area is 199 Å². The highest BCUT2D eigenvalue weighted by Gasteiger charge is 2.34. The molecule has 0 fully saturated rings. The number of hydrogen-bond acceptors (Lipinski definition) is 7. The lowest BCUT2D eigenvalue weighted by molar-refractivity contribution is 0.0313. The molecule has 0 saturated heterocycles. The normalized spacial score (nSPS) is 19.5. The van der Waals surface area contributed by atoms with Crippen molar-refractivity contribution in [1.82, 2.24) is 19.8 Å². The highest BCUT2D eigenvalue weighted by Crippen LogP contribution is 2.27. The molecule has 0 aromatic carbocycles. The summed E-state index contributed by atoms with van der Waals surface area (Å²) in [4.78, 5) is 37.7. The lowest BCUT2D eigenvalue weighted by Crippen LogP contribution is -2.50. The summed E-state index contributed by atoms with van der Waals surface area (Å²) in [6, 6.07) is 4.45. The van der Waals surface area contributed by atoms with Gasteiger partial charge in [0.25, 0.3) is 11.8 Å². The fraction of sp³-hybridized carbons (Fsp3) is 0.440. The van der Waals surface area contributed by atoms with E-state index in [2.05, 4.69) is 21.8 Å². The molecule has 2 aromatic heterocycles. The van der Waals surface area contributed by atoms with Crippen molar-refractivity contribution in [1.29, 1.82) is 0 Å². The Hall–Kier alpha value is -3.48. The summed E-state index contributed by atoms with van der Waals surface area (Å²) in [5.74, 6) is 4.93. The van der Waals surface area contributed by atoms with Crippen LogP contribution >= 0.6 is 0 Å². The van der Waals surface area contributed by atoms with Gasteiger partial charge >= 0.3 is 0 Å². The number of ether oxygens (including phenoxy) is 1. The van der Waals surface area contributed by atoms with Gasteiger partial charge < -0.3 is 24.7 Å². The van der Waals surface area contributed by atoms with E-state index in [0.717, 1.165) is 0 Å². The average molecular weight is 467 g/mol. The number of likely N-dealkylation sites (N-methyl/N-ethyl adjacent to an activating group) is 1. The van der Waals surface area contributed by atoms with Crippen LogP contribution in [0.4, 0.5) is 0 Å². The summed E-state index contributed by atoms with van der Waals surface area (Å²) in [5.41, 5.74) is 1.20. The first kappa shape index (κ1) is 25.1. The second kappa shape index (κ2) is 11.1. The molecular weight excluding hydrogens is 436 g/mol. The summed E-state index contributed by atoms with van der Waals surface area (Å²) in [5, 5.41) is 19.2. The van der Waals surface area contributed by atoms with Gasteiger partial charge in [0, 0.05) is 49.2 Å². The van der Waals surface area contributed by atoms with Crippen molar-refractivity contribution in [3.05, 3.63) is 53.5 Å². The molecule has 2 N–H and O–H groups in total. The van der Waals surface area contributed by atoms with E-state index >= 15 is 0 Å². The minimum absolute atomic E-state index is 0.143. The lowest BCUT2D eigenvalue weighted by atomic mass is 9.99. The molecule has 1 aliphatic rings. The summed E-state index contributed by atoms with van der Waals surface area (Å²) in [6.07, 6.45) is 3.33. The van der Waals surface area contributed by atoms with Crippen LogP contribution in [-0.2, 0) is 0 Å². The fourth-order valence-corrected chi connectivity index (χ4v) is 3.64. The molecule has 34 heavy (non-hydrogen) atoms. The molecule has 1 aliphatic heterocycles. The SMILES string of the molecule is C[C@@H]1CN([C@@H](C)CO)C(=O)c2cc(C#C[C@@H](C)O)cnc2O[C@H]1CN(C)C(=O)c1ccncc1. The van der Waals surface area contributed by atoms with E-state index in [-0.39, 0.29) is 42.3 Å². The number of carbonyl (C=O) groups is 2. The molecule has 0 saturated carbocycles. The van der Waals surface area contributed by atoms with Gasteiger partial charge in [0.05, 0.1) is 19.2 Å². The van der Waals surface area contributed by atoms with Crippen LogP contribution in [0.25, 0.3) is 0 Å². The monoisotopic (exact) mass is 466 g/mol. The van der Waals surface area contributed by atoms with Gasteiger partial charge in [-0.25, -0.2) is 4.98 Å². The number of fused-ring (bicyclic) bond motifs is 1. The molecule has 0 aliphatic carbocycles. The van der Waals surface area contributed by atoms with Gasteiger partial charge in [-0.2, -0.15) is 0 Å². The van der Waals surface area contributed by atoms with Gasteiger partial charge in [-0.15, -0.1) is 0 Å². The van der Waals surface area contributed by atoms with Crippen LogP contribution in [0, 0.1) is 17.8 Å². The van der Waals surface area contributed by atoms with E-state index in [0.29, 0.717) is 17.7 Å². The van der Waals surface area contributed by atoms with Gasteiger partial charge in [0.15, 0.2) is 0 Å². The van der Waals surface area contributed by atoms with Crippen molar-refractivity contribution in [2.24, 2.45) is 5.92 Å². The standard InChI is InChI=1S/C25H30N4O5/c1-16-13-29(17(2)15-30)25(33)21-11-19(6-5-18(3)31)12-27-23(21)34-22(16)14-28(4)24(32)20-7-9-26-10-8-20/h7-12,16-18,22,30-31H,13-15H2,1-4H3/t16-,17+,18-,22+/m1/s1. The zero-order valence-corrected chi connectivity index (χ0v) is 19.8. The molecule has 0 bridgehead atoms. The number of nitrogens with zero attached hydrogens (tertiary/aromatic N) is 4. The maximum atomic E-state index is 13.4. The largest absolute Gasteiger partial charge is 0.472 e. The second-order valence-corrected chi connectivity index (χ2v) is 8.57. The lowest BCUT2D eigenvalue weighted by Gasteiger charge is -2.37. The number of hydrogen-bond donors (Lipinski definition) is 2. The van der Waals surface area contributed by atoms with Crippen molar-refractivity contribution in [3.8, 4) is 17.7 Å². The second-order valence-electron chi connectivity index (χ2n) is 8.57. The number of pyridine rings is 2. The zero-order chi connectivity index (χ0) is 24.8. The van der Waals surface area contributed by atoms with Crippen LogP contribution in [0.3, 0.4) is 0 Å². The zero-order valence-electron chi connectivity index (χ0n) is 19.8. The summed E-state index contributed by atoms with van der Waals surface area (Å²) in [6.45, 7) is 5.64. The molecule has 2 amide bonds. The summed E-state index contributed by atoms with van der Waals surface area (Å²) in [7, 11) is 1.69. The van der Waals surface area contributed by atoms with Crippen molar-refractivity contribution in [2.45, 2.75) is 39.0 Å². The van der Waals surface area contributed by atoms with Gasteiger partial charge in [0.1, 0.15) is 17.8 Å². The molecule has 4 atom stereocenters. The van der Waals surface area contributed by atoms with Gasteiger partial charge in [0.2, 0.25) is 5.88 Å². The quantitative estimate of drug-likeness (QED) is 0.636. The Balaban J connectivity index is 1.95. The Bertz CT molecular complexity index is 1080. The minimum atomic E-state index is -0.821. The molecule has 3 heterocycles. The molecule has 3 rings (SSSR count). The molecule has 0 radical (unpaired) electrons. The van der Waals surface area contributed by atoms with Crippen LogP contribution < -0.4 is 4.74 Å². The number of rotatable bonds is 5. The van der Waals surface area contributed by atoms with E-state index in [1.54, 1.807) is 61.3 Å². The van der Waals surface area contributed by atoms with Crippen LogP contribution in [0.2, 0.25) is 0 Å². The number of aromatic nitrogens is 2. The van der Waals surface area contributed by atoms with E-state index in [4.69, 9.17) is 4.74 Å².